The summed E-state index contributed by atoms with van der Waals surface area (Å²) in [6, 6.07) is 5.47. The molecule has 0 aliphatic heterocycles. The summed E-state index contributed by atoms with van der Waals surface area (Å²) in [6.07, 6.45) is 2.91. The summed E-state index contributed by atoms with van der Waals surface area (Å²) in [5.41, 5.74) is 0. The maximum Gasteiger partial charge on any atom is 0.238 e. The van der Waals surface area contributed by atoms with Gasteiger partial charge in [-0.05, 0) is 18.2 Å². The van der Waals surface area contributed by atoms with Gasteiger partial charge in [0.05, 0.1) is 21.1 Å². The first-order valence-corrected chi connectivity index (χ1v) is 7.27. The minimum atomic E-state index is -3.80. The van der Waals surface area contributed by atoms with Gasteiger partial charge in [-0.2, -0.15) is 0 Å². The van der Waals surface area contributed by atoms with E-state index in [-0.39, 0.29) is 15.7 Å². The van der Waals surface area contributed by atoms with E-state index in [1.165, 1.54) is 30.6 Å². The van der Waals surface area contributed by atoms with Gasteiger partial charge in [0.15, 0.2) is 0 Å². The van der Waals surface area contributed by atoms with E-state index in [4.69, 9.17) is 33.1 Å². The van der Waals surface area contributed by atoms with Gasteiger partial charge in [-0.3, -0.25) is 4.98 Å². The van der Waals surface area contributed by atoms with E-state index in [2.05, 4.69) is 4.98 Å². The van der Waals surface area contributed by atoms with Crippen LogP contribution in [0.25, 0.3) is 0 Å². The molecule has 0 unspecified atom stereocenters. The number of ether oxygens (including phenoxy) is 1. The molecule has 0 amide bonds. The fourth-order valence-corrected chi connectivity index (χ4v) is 2.30. The molecule has 0 radical (unpaired) electrons. The van der Waals surface area contributed by atoms with E-state index >= 15 is 0 Å². The van der Waals surface area contributed by atoms with Crippen molar-refractivity contribution in [3.8, 4) is 11.5 Å². The highest BCUT2D eigenvalue weighted by atomic mass is 35.5. The van der Waals surface area contributed by atoms with Crippen LogP contribution in [0, 0.1) is 0 Å². The van der Waals surface area contributed by atoms with Crippen molar-refractivity contribution in [3.63, 3.8) is 0 Å². The van der Waals surface area contributed by atoms with Gasteiger partial charge in [0, 0.05) is 12.3 Å². The van der Waals surface area contributed by atoms with Crippen LogP contribution in [0.15, 0.2) is 41.6 Å². The first kappa shape index (κ1) is 14.1. The lowest BCUT2D eigenvalue weighted by atomic mass is 10.3. The molecule has 19 heavy (non-hydrogen) atoms. The number of halogens is 2. The third kappa shape index (κ3) is 3.57. The number of nitrogens with zero attached hydrogens (tertiary/aromatic N) is 1. The second-order valence-corrected chi connectivity index (χ2v) is 5.98. The molecule has 0 atom stereocenters. The summed E-state index contributed by atoms with van der Waals surface area (Å²) in [5, 5.41) is 5.52. The lowest BCUT2D eigenvalue weighted by Crippen LogP contribution is -2.11. The number of hydrogen-bond donors (Lipinski definition) is 1. The second-order valence-electron chi connectivity index (χ2n) is 3.58. The van der Waals surface area contributed by atoms with Gasteiger partial charge >= 0.3 is 0 Å². The molecule has 1 aromatic heterocycles. The van der Waals surface area contributed by atoms with Crippen molar-refractivity contribution in [3.05, 3.63) is 46.7 Å². The van der Waals surface area contributed by atoms with Crippen molar-refractivity contribution >= 4 is 33.2 Å². The van der Waals surface area contributed by atoms with Crippen molar-refractivity contribution in [2.45, 2.75) is 4.90 Å². The Morgan fingerprint density at radius 2 is 1.89 bits per heavy atom. The summed E-state index contributed by atoms with van der Waals surface area (Å²) in [7, 11) is -3.80. The first-order chi connectivity index (χ1) is 8.86. The average molecular weight is 319 g/mol. The maximum absolute atomic E-state index is 11.2. The predicted octanol–water partition coefficient (Wildman–Crippen LogP) is 2.83. The molecule has 0 bridgehead atoms. The standard InChI is InChI=1S/C11H8Cl2N2O3S/c12-7-3-8(6-15-5-7)18-11-2-1-9(4-10(11)13)19(14,16)17/h1-6H,(H2,14,16,17). The molecule has 1 aromatic carbocycles. The van der Waals surface area contributed by atoms with Crippen LogP contribution in [0.4, 0.5) is 0 Å². The third-order valence-corrected chi connectivity index (χ3v) is 3.55. The van der Waals surface area contributed by atoms with E-state index in [9.17, 15) is 8.42 Å². The zero-order valence-electron chi connectivity index (χ0n) is 9.38. The molecular weight excluding hydrogens is 311 g/mol. The number of hydrogen-bond acceptors (Lipinski definition) is 4. The predicted molar refractivity (Wildman–Crippen MR) is 72.1 cm³/mol. The zero-order chi connectivity index (χ0) is 14.0. The SMILES string of the molecule is NS(=O)(=O)c1ccc(Oc2cncc(Cl)c2)c(Cl)c1. The lowest BCUT2D eigenvalue weighted by Gasteiger charge is -2.08. The number of primary sulfonamides is 1. The van der Waals surface area contributed by atoms with Gasteiger partial charge in [-0.15, -0.1) is 0 Å². The lowest BCUT2D eigenvalue weighted by molar-refractivity contribution is 0.480. The molecule has 0 saturated carbocycles. The Kier molecular flexibility index (Phi) is 3.96. The number of sulfonamides is 1. The minimum Gasteiger partial charge on any atom is -0.454 e. The minimum absolute atomic E-state index is 0.0888. The maximum atomic E-state index is 11.2. The second kappa shape index (κ2) is 5.34. The summed E-state index contributed by atoms with van der Waals surface area (Å²) >= 11 is 11.7. The van der Waals surface area contributed by atoms with Crippen molar-refractivity contribution in [1.29, 1.82) is 0 Å². The molecule has 0 spiro atoms. The third-order valence-electron chi connectivity index (χ3n) is 2.14. The van der Waals surface area contributed by atoms with Gasteiger partial charge in [0.2, 0.25) is 10.0 Å². The van der Waals surface area contributed by atoms with Gasteiger partial charge in [-0.25, -0.2) is 13.6 Å². The van der Waals surface area contributed by atoms with E-state index in [0.717, 1.165) is 0 Å². The summed E-state index contributed by atoms with van der Waals surface area (Å²) in [5.74, 6) is 0.663. The molecule has 100 valence electrons. The highest BCUT2D eigenvalue weighted by Crippen LogP contribution is 2.31. The van der Waals surface area contributed by atoms with E-state index in [1.807, 2.05) is 0 Å². The molecule has 0 saturated heterocycles. The summed E-state index contributed by atoms with van der Waals surface area (Å²) in [6.45, 7) is 0. The van der Waals surface area contributed by atoms with Crippen LogP contribution in [0.2, 0.25) is 10.0 Å². The van der Waals surface area contributed by atoms with Crippen LogP contribution in [-0.4, -0.2) is 13.4 Å². The van der Waals surface area contributed by atoms with E-state index < -0.39 is 10.0 Å². The molecule has 2 rings (SSSR count). The number of nitrogens with two attached hydrogens (primary N) is 1. The van der Waals surface area contributed by atoms with Gasteiger partial charge in [-0.1, -0.05) is 23.2 Å². The van der Waals surface area contributed by atoms with Crippen LogP contribution < -0.4 is 9.88 Å². The first-order valence-electron chi connectivity index (χ1n) is 4.97. The fraction of sp³-hybridized carbons (Fsp3) is 0. The zero-order valence-corrected chi connectivity index (χ0v) is 11.7. The van der Waals surface area contributed by atoms with Gasteiger partial charge in [0.1, 0.15) is 11.5 Å². The highest BCUT2D eigenvalue weighted by Gasteiger charge is 2.12. The Morgan fingerprint density at radius 3 is 2.47 bits per heavy atom. The Labute approximate surface area is 120 Å². The molecule has 2 aromatic rings. The van der Waals surface area contributed by atoms with E-state index in [0.29, 0.717) is 10.8 Å². The Morgan fingerprint density at radius 1 is 1.16 bits per heavy atom. The van der Waals surface area contributed by atoms with Crippen LogP contribution in [0.5, 0.6) is 11.5 Å². The van der Waals surface area contributed by atoms with Crippen LogP contribution >= 0.6 is 23.2 Å². The Balaban J connectivity index is 2.32. The van der Waals surface area contributed by atoms with Crippen molar-refractivity contribution < 1.29 is 13.2 Å². The topological polar surface area (TPSA) is 82.3 Å². The molecule has 2 N–H and O–H groups in total. The molecule has 1 heterocycles. The van der Waals surface area contributed by atoms with Crippen molar-refractivity contribution in [2.75, 3.05) is 0 Å². The van der Waals surface area contributed by atoms with Crippen molar-refractivity contribution in [1.82, 2.24) is 4.98 Å². The molecule has 8 heteroatoms. The summed E-state index contributed by atoms with van der Waals surface area (Å²) in [4.78, 5) is 3.76. The van der Waals surface area contributed by atoms with Crippen LogP contribution in [0.3, 0.4) is 0 Å². The number of benzene rings is 1. The van der Waals surface area contributed by atoms with Crippen LogP contribution in [0.1, 0.15) is 0 Å². The monoisotopic (exact) mass is 318 g/mol. The smallest absolute Gasteiger partial charge is 0.238 e. The van der Waals surface area contributed by atoms with Gasteiger partial charge in [0.25, 0.3) is 0 Å². The van der Waals surface area contributed by atoms with Crippen LogP contribution in [-0.2, 0) is 10.0 Å². The quantitative estimate of drug-likeness (QED) is 0.943. The van der Waals surface area contributed by atoms with Gasteiger partial charge < -0.3 is 4.74 Å². The normalized spacial score (nSPS) is 11.3. The molecule has 0 fully saturated rings. The molecule has 5 nitrogen and oxygen atoms in total. The molecular formula is C11H8Cl2N2O3S. The fourth-order valence-electron chi connectivity index (χ4n) is 1.32. The highest BCUT2D eigenvalue weighted by molar-refractivity contribution is 7.89. The average Bonchev–Trinajstić information content (AvgIpc) is 2.30. The number of rotatable bonds is 3. The van der Waals surface area contributed by atoms with Crippen molar-refractivity contribution in [2.24, 2.45) is 5.14 Å². The summed E-state index contributed by atoms with van der Waals surface area (Å²) < 4.78 is 27.7. The number of aromatic nitrogens is 1. The van der Waals surface area contributed by atoms with E-state index in [1.54, 1.807) is 6.07 Å². The number of pyridine rings is 1. The Hall–Kier alpha value is -1.34. The molecule has 0 aliphatic rings. The molecule has 0 aliphatic carbocycles. The Bertz CT molecular complexity index is 720. The largest absolute Gasteiger partial charge is 0.454 e.